The topological polar surface area (TPSA) is 102 Å². The standard InChI is InChI=1S/C12H18N6O/c13-11-10-12(16-7-15-11)18-9(17-10)3-6-19-8-1-4-14-5-2-8/h7-8,14H,1-6H2,(H3,13,15,16,17,18). The third kappa shape index (κ3) is 2.82. The molecule has 1 aliphatic rings. The molecule has 0 aromatic carbocycles. The van der Waals surface area contributed by atoms with E-state index in [1.165, 1.54) is 6.33 Å². The van der Waals surface area contributed by atoms with Gasteiger partial charge < -0.3 is 20.8 Å². The maximum Gasteiger partial charge on any atom is 0.183 e. The Morgan fingerprint density at radius 3 is 2.95 bits per heavy atom. The number of rotatable bonds is 4. The number of nitrogens with zero attached hydrogens (tertiary/aromatic N) is 3. The zero-order valence-electron chi connectivity index (χ0n) is 10.7. The fourth-order valence-corrected chi connectivity index (χ4v) is 2.30. The normalized spacial score (nSPS) is 17.1. The Bertz CT molecular complexity index is 548. The van der Waals surface area contributed by atoms with E-state index in [4.69, 9.17) is 10.5 Å². The summed E-state index contributed by atoms with van der Waals surface area (Å²) in [5, 5.41) is 3.32. The van der Waals surface area contributed by atoms with Crippen LogP contribution in [0.5, 0.6) is 0 Å². The third-order valence-electron chi connectivity index (χ3n) is 3.35. The predicted molar refractivity (Wildman–Crippen MR) is 71.6 cm³/mol. The van der Waals surface area contributed by atoms with Crippen LogP contribution in [-0.2, 0) is 11.2 Å². The molecule has 1 fully saturated rings. The van der Waals surface area contributed by atoms with E-state index in [9.17, 15) is 0 Å². The minimum atomic E-state index is 0.371. The van der Waals surface area contributed by atoms with E-state index < -0.39 is 0 Å². The molecule has 7 nitrogen and oxygen atoms in total. The van der Waals surface area contributed by atoms with Crippen molar-refractivity contribution in [2.24, 2.45) is 0 Å². The van der Waals surface area contributed by atoms with E-state index in [1.807, 2.05) is 0 Å². The number of hydrogen-bond acceptors (Lipinski definition) is 6. The van der Waals surface area contributed by atoms with Crippen LogP contribution in [0.15, 0.2) is 6.33 Å². The summed E-state index contributed by atoms with van der Waals surface area (Å²) in [6.45, 7) is 2.75. The number of fused-ring (bicyclic) bond motifs is 1. The SMILES string of the molecule is Nc1ncnc2nc(CCOC3CCNCC3)[nH]c12. The molecule has 1 aliphatic heterocycles. The van der Waals surface area contributed by atoms with Crippen LogP contribution in [0, 0.1) is 0 Å². The molecule has 0 saturated carbocycles. The van der Waals surface area contributed by atoms with Crippen molar-refractivity contribution in [2.45, 2.75) is 25.4 Å². The zero-order valence-corrected chi connectivity index (χ0v) is 10.7. The molecule has 2 aromatic heterocycles. The van der Waals surface area contributed by atoms with E-state index in [0.29, 0.717) is 29.7 Å². The smallest absolute Gasteiger partial charge is 0.183 e. The average molecular weight is 262 g/mol. The van der Waals surface area contributed by atoms with Crippen molar-refractivity contribution in [1.29, 1.82) is 0 Å². The Balaban J connectivity index is 1.57. The molecule has 102 valence electrons. The lowest BCUT2D eigenvalue weighted by molar-refractivity contribution is 0.0343. The van der Waals surface area contributed by atoms with Gasteiger partial charge in [0, 0.05) is 6.42 Å². The molecule has 0 spiro atoms. The summed E-state index contributed by atoms with van der Waals surface area (Å²) >= 11 is 0. The van der Waals surface area contributed by atoms with Crippen molar-refractivity contribution in [1.82, 2.24) is 25.3 Å². The van der Waals surface area contributed by atoms with Crippen molar-refractivity contribution < 1.29 is 4.74 Å². The first-order valence-corrected chi connectivity index (χ1v) is 6.60. The largest absolute Gasteiger partial charge is 0.382 e. The van der Waals surface area contributed by atoms with Crippen LogP contribution in [0.1, 0.15) is 18.7 Å². The van der Waals surface area contributed by atoms with Crippen LogP contribution in [0.3, 0.4) is 0 Å². The molecule has 0 radical (unpaired) electrons. The zero-order chi connectivity index (χ0) is 13.1. The molecule has 0 amide bonds. The summed E-state index contributed by atoms with van der Waals surface area (Å²) in [7, 11) is 0. The van der Waals surface area contributed by atoms with Gasteiger partial charge in [0.1, 0.15) is 17.7 Å². The van der Waals surface area contributed by atoms with Gasteiger partial charge in [-0.15, -0.1) is 0 Å². The highest BCUT2D eigenvalue weighted by molar-refractivity contribution is 5.80. The summed E-state index contributed by atoms with van der Waals surface area (Å²) in [4.78, 5) is 15.5. The molecule has 3 rings (SSSR count). The van der Waals surface area contributed by atoms with Gasteiger partial charge in [0.2, 0.25) is 0 Å². The van der Waals surface area contributed by atoms with Gasteiger partial charge >= 0.3 is 0 Å². The summed E-state index contributed by atoms with van der Waals surface area (Å²) in [5.74, 6) is 1.28. The van der Waals surface area contributed by atoms with E-state index in [-0.39, 0.29) is 0 Å². The lowest BCUT2D eigenvalue weighted by atomic mass is 10.1. The van der Waals surface area contributed by atoms with Gasteiger partial charge in [-0.3, -0.25) is 0 Å². The number of nitrogens with two attached hydrogens (primary N) is 1. The predicted octanol–water partition coefficient (Wildman–Crippen LogP) is 0.246. The maximum absolute atomic E-state index is 5.85. The van der Waals surface area contributed by atoms with Crippen LogP contribution in [-0.4, -0.2) is 45.7 Å². The first-order valence-electron chi connectivity index (χ1n) is 6.60. The molecule has 19 heavy (non-hydrogen) atoms. The van der Waals surface area contributed by atoms with E-state index >= 15 is 0 Å². The van der Waals surface area contributed by atoms with Gasteiger partial charge in [-0.2, -0.15) is 0 Å². The molecular formula is C12H18N6O. The molecular weight excluding hydrogens is 244 g/mol. The summed E-state index contributed by atoms with van der Waals surface area (Å²) in [6, 6.07) is 0. The molecule has 2 aromatic rings. The van der Waals surface area contributed by atoms with Crippen LogP contribution < -0.4 is 11.1 Å². The Morgan fingerprint density at radius 1 is 1.32 bits per heavy atom. The minimum Gasteiger partial charge on any atom is -0.382 e. The van der Waals surface area contributed by atoms with Crippen molar-refractivity contribution >= 4 is 17.0 Å². The lowest BCUT2D eigenvalue weighted by Gasteiger charge is -2.22. The number of ether oxygens (including phenoxy) is 1. The number of aromatic amines is 1. The summed E-state index contributed by atoms with van der Waals surface area (Å²) in [5.41, 5.74) is 7.08. The van der Waals surface area contributed by atoms with Gasteiger partial charge in [-0.05, 0) is 25.9 Å². The first kappa shape index (κ1) is 12.3. The monoisotopic (exact) mass is 262 g/mol. The van der Waals surface area contributed by atoms with Crippen LogP contribution in [0.2, 0.25) is 0 Å². The Hall–Kier alpha value is -1.73. The molecule has 0 bridgehead atoms. The highest BCUT2D eigenvalue weighted by Crippen LogP contribution is 2.14. The van der Waals surface area contributed by atoms with E-state index in [1.54, 1.807) is 0 Å². The van der Waals surface area contributed by atoms with Crippen LogP contribution in [0.25, 0.3) is 11.2 Å². The highest BCUT2D eigenvalue weighted by atomic mass is 16.5. The molecule has 3 heterocycles. The van der Waals surface area contributed by atoms with Gasteiger partial charge in [-0.25, -0.2) is 15.0 Å². The lowest BCUT2D eigenvalue weighted by Crippen LogP contribution is -2.32. The number of anilines is 1. The number of piperidine rings is 1. The van der Waals surface area contributed by atoms with Crippen molar-refractivity contribution in [2.75, 3.05) is 25.4 Å². The van der Waals surface area contributed by atoms with Gasteiger partial charge in [0.15, 0.2) is 11.5 Å². The number of H-pyrrole nitrogens is 1. The number of imidazole rings is 1. The number of hydrogen-bond donors (Lipinski definition) is 3. The Kier molecular flexibility index (Phi) is 3.56. The Labute approximate surface area is 111 Å². The fourth-order valence-electron chi connectivity index (χ4n) is 2.30. The van der Waals surface area contributed by atoms with Gasteiger partial charge in [0.05, 0.1) is 12.7 Å². The summed E-state index contributed by atoms with van der Waals surface area (Å²) < 4.78 is 5.85. The second-order valence-corrected chi connectivity index (χ2v) is 4.71. The quantitative estimate of drug-likeness (QED) is 0.730. The fraction of sp³-hybridized carbons (Fsp3) is 0.583. The van der Waals surface area contributed by atoms with Crippen molar-refractivity contribution in [3.8, 4) is 0 Å². The average Bonchev–Trinajstić information content (AvgIpc) is 2.84. The summed E-state index contributed by atoms with van der Waals surface area (Å²) in [6.07, 6.45) is 4.69. The van der Waals surface area contributed by atoms with Crippen molar-refractivity contribution in [3.63, 3.8) is 0 Å². The Morgan fingerprint density at radius 2 is 2.16 bits per heavy atom. The van der Waals surface area contributed by atoms with Crippen LogP contribution >= 0.6 is 0 Å². The molecule has 4 N–H and O–H groups in total. The third-order valence-corrected chi connectivity index (χ3v) is 3.35. The van der Waals surface area contributed by atoms with Crippen LogP contribution in [0.4, 0.5) is 5.82 Å². The molecule has 0 atom stereocenters. The molecule has 0 aliphatic carbocycles. The van der Waals surface area contributed by atoms with Gasteiger partial charge in [0.25, 0.3) is 0 Å². The van der Waals surface area contributed by atoms with Gasteiger partial charge in [-0.1, -0.05) is 0 Å². The maximum atomic E-state index is 5.85. The molecule has 0 unspecified atom stereocenters. The molecule has 7 heteroatoms. The van der Waals surface area contributed by atoms with E-state index in [2.05, 4.69) is 25.3 Å². The number of nitrogens with one attached hydrogen (secondary N) is 2. The highest BCUT2D eigenvalue weighted by Gasteiger charge is 2.13. The first-order chi connectivity index (χ1) is 9.33. The van der Waals surface area contributed by atoms with Crippen molar-refractivity contribution in [3.05, 3.63) is 12.2 Å². The second kappa shape index (κ2) is 5.50. The molecule has 1 saturated heterocycles. The number of aromatic nitrogens is 4. The van der Waals surface area contributed by atoms with E-state index in [0.717, 1.165) is 38.2 Å². The number of nitrogen functional groups attached to an aromatic ring is 1. The second-order valence-electron chi connectivity index (χ2n) is 4.71. The minimum absolute atomic E-state index is 0.371.